The van der Waals surface area contributed by atoms with E-state index in [0.717, 1.165) is 18.7 Å². The lowest BCUT2D eigenvalue weighted by Crippen LogP contribution is -2.30. The minimum absolute atomic E-state index is 0.0835. The van der Waals surface area contributed by atoms with Crippen molar-refractivity contribution >= 4 is 11.6 Å². The molecule has 1 aromatic heterocycles. The second-order valence-electron chi connectivity index (χ2n) is 4.28. The molecular formula is C14H23N3O2. The van der Waals surface area contributed by atoms with Gasteiger partial charge in [-0.3, -0.25) is 9.78 Å². The van der Waals surface area contributed by atoms with Gasteiger partial charge in [-0.2, -0.15) is 0 Å². The van der Waals surface area contributed by atoms with Crippen LogP contribution in [0.15, 0.2) is 18.3 Å². The van der Waals surface area contributed by atoms with Crippen molar-refractivity contribution < 1.29 is 9.53 Å². The van der Waals surface area contributed by atoms with Crippen LogP contribution in [0.3, 0.4) is 0 Å². The molecule has 0 aromatic carbocycles. The molecule has 1 aromatic rings. The van der Waals surface area contributed by atoms with Crippen LogP contribution in [-0.2, 0) is 4.74 Å². The summed E-state index contributed by atoms with van der Waals surface area (Å²) in [5, 5.41) is 3.25. The third-order valence-corrected chi connectivity index (χ3v) is 2.68. The molecule has 0 atom stereocenters. The molecule has 1 N–H and O–H groups in total. The van der Waals surface area contributed by atoms with Crippen LogP contribution in [0.25, 0.3) is 0 Å². The SMILES string of the molecule is CCCNc1ccnc(C(=O)N(C)CCOCC)c1. The number of carbonyl (C=O) groups excluding carboxylic acids is 1. The average Bonchev–Trinajstić information content (AvgIpc) is 2.44. The predicted molar refractivity (Wildman–Crippen MR) is 76.5 cm³/mol. The topological polar surface area (TPSA) is 54.5 Å². The molecule has 1 heterocycles. The summed E-state index contributed by atoms with van der Waals surface area (Å²) in [6.45, 7) is 6.70. The number of anilines is 1. The van der Waals surface area contributed by atoms with Crippen LogP contribution in [0.5, 0.6) is 0 Å². The van der Waals surface area contributed by atoms with Gasteiger partial charge in [0.1, 0.15) is 5.69 Å². The Morgan fingerprint density at radius 3 is 2.95 bits per heavy atom. The number of nitrogens with one attached hydrogen (secondary N) is 1. The fourth-order valence-corrected chi connectivity index (χ4v) is 1.57. The van der Waals surface area contributed by atoms with Crippen molar-refractivity contribution in [2.75, 3.05) is 38.7 Å². The van der Waals surface area contributed by atoms with E-state index in [9.17, 15) is 4.79 Å². The van der Waals surface area contributed by atoms with Crippen LogP contribution in [0, 0.1) is 0 Å². The zero-order valence-corrected chi connectivity index (χ0v) is 12.0. The number of carbonyl (C=O) groups is 1. The van der Waals surface area contributed by atoms with Gasteiger partial charge >= 0.3 is 0 Å². The quantitative estimate of drug-likeness (QED) is 0.731. The highest BCUT2D eigenvalue weighted by Gasteiger charge is 2.13. The van der Waals surface area contributed by atoms with Gasteiger partial charge in [-0.05, 0) is 25.5 Å². The van der Waals surface area contributed by atoms with Gasteiger partial charge in [0.15, 0.2) is 0 Å². The first-order valence-electron chi connectivity index (χ1n) is 6.72. The van der Waals surface area contributed by atoms with Crippen molar-refractivity contribution in [2.24, 2.45) is 0 Å². The zero-order chi connectivity index (χ0) is 14.1. The molecule has 0 saturated heterocycles. The highest BCUT2D eigenvalue weighted by Crippen LogP contribution is 2.09. The number of hydrogen-bond donors (Lipinski definition) is 1. The summed E-state index contributed by atoms with van der Waals surface area (Å²) in [5.41, 5.74) is 1.39. The second kappa shape index (κ2) is 8.48. The molecule has 0 saturated carbocycles. The van der Waals surface area contributed by atoms with E-state index in [0.29, 0.717) is 25.5 Å². The molecule has 0 aliphatic rings. The summed E-state index contributed by atoms with van der Waals surface area (Å²) in [4.78, 5) is 17.9. The minimum atomic E-state index is -0.0835. The summed E-state index contributed by atoms with van der Waals surface area (Å²) >= 11 is 0. The minimum Gasteiger partial charge on any atom is -0.385 e. The van der Waals surface area contributed by atoms with E-state index in [-0.39, 0.29) is 5.91 Å². The fourth-order valence-electron chi connectivity index (χ4n) is 1.57. The van der Waals surface area contributed by atoms with Gasteiger partial charge in [0.25, 0.3) is 5.91 Å². The third-order valence-electron chi connectivity index (χ3n) is 2.68. The lowest BCUT2D eigenvalue weighted by molar-refractivity contribution is 0.0704. The van der Waals surface area contributed by atoms with E-state index in [1.54, 1.807) is 24.2 Å². The summed E-state index contributed by atoms with van der Waals surface area (Å²) < 4.78 is 5.24. The first kappa shape index (κ1) is 15.4. The van der Waals surface area contributed by atoms with Crippen molar-refractivity contribution in [3.05, 3.63) is 24.0 Å². The van der Waals surface area contributed by atoms with Crippen molar-refractivity contribution in [2.45, 2.75) is 20.3 Å². The van der Waals surface area contributed by atoms with E-state index in [4.69, 9.17) is 4.74 Å². The van der Waals surface area contributed by atoms with Crippen LogP contribution in [0.1, 0.15) is 30.8 Å². The molecule has 5 heteroatoms. The van der Waals surface area contributed by atoms with E-state index >= 15 is 0 Å². The Kier molecular flexibility index (Phi) is 6.89. The molecule has 0 spiro atoms. The molecule has 0 unspecified atom stereocenters. The van der Waals surface area contributed by atoms with E-state index in [1.807, 2.05) is 13.0 Å². The molecule has 106 valence electrons. The number of pyridine rings is 1. The van der Waals surface area contributed by atoms with Crippen LogP contribution in [-0.4, -0.2) is 49.1 Å². The first-order valence-corrected chi connectivity index (χ1v) is 6.72. The van der Waals surface area contributed by atoms with Crippen molar-refractivity contribution in [1.29, 1.82) is 0 Å². The average molecular weight is 265 g/mol. The Bertz CT molecular complexity index is 396. The summed E-state index contributed by atoms with van der Waals surface area (Å²) in [6, 6.07) is 3.65. The van der Waals surface area contributed by atoms with E-state index < -0.39 is 0 Å². The number of nitrogens with zero attached hydrogens (tertiary/aromatic N) is 2. The lowest BCUT2D eigenvalue weighted by atomic mass is 10.3. The van der Waals surface area contributed by atoms with Gasteiger partial charge < -0.3 is 15.0 Å². The number of amides is 1. The zero-order valence-electron chi connectivity index (χ0n) is 12.0. The number of likely N-dealkylation sites (N-methyl/N-ethyl adjacent to an activating group) is 1. The first-order chi connectivity index (χ1) is 9.19. The number of rotatable bonds is 8. The van der Waals surface area contributed by atoms with E-state index in [2.05, 4.69) is 17.2 Å². The summed E-state index contributed by atoms with van der Waals surface area (Å²) in [6.07, 6.45) is 2.70. The van der Waals surface area contributed by atoms with Gasteiger partial charge in [0, 0.05) is 38.6 Å². The van der Waals surface area contributed by atoms with Gasteiger partial charge in [-0.1, -0.05) is 6.92 Å². The molecule has 5 nitrogen and oxygen atoms in total. The van der Waals surface area contributed by atoms with Crippen LogP contribution in [0.4, 0.5) is 5.69 Å². The van der Waals surface area contributed by atoms with Crippen molar-refractivity contribution in [3.8, 4) is 0 Å². The smallest absolute Gasteiger partial charge is 0.272 e. The Morgan fingerprint density at radius 2 is 2.26 bits per heavy atom. The Balaban J connectivity index is 2.60. The maximum atomic E-state index is 12.1. The van der Waals surface area contributed by atoms with Crippen molar-refractivity contribution in [1.82, 2.24) is 9.88 Å². The van der Waals surface area contributed by atoms with Crippen LogP contribution in [0.2, 0.25) is 0 Å². The van der Waals surface area contributed by atoms with Crippen LogP contribution >= 0.6 is 0 Å². The van der Waals surface area contributed by atoms with Gasteiger partial charge in [0.05, 0.1) is 6.61 Å². The summed E-state index contributed by atoms with van der Waals surface area (Å²) in [5.74, 6) is -0.0835. The van der Waals surface area contributed by atoms with Gasteiger partial charge in [0.2, 0.25) is 0 Å². The molecule has 0 fully saturated rings. The lowest BCUT2D eigenvalue weighted by Gasteiger charge is -2.16. The van der Waals surface area contributed by atoms with Crippen LogP contribution < -0.4 is 5.32 Å². The standard InChI is InChI=1S/C14H23N3O2/c1-4-7-15-12-6-8-16-13(11-12)14(18)17(3)9-10-19-5-2/h6,8,11H,4-5,7,9-10H2,1-3H3,(H,15,16). The molecule has 1 amide bonds. The highest BCUT2D eigenvalue weighted by molar-refractivity contribution is 5.92. The number of hydrogen-bond acceptors (Lipinski definition) is 4. The van der Waals surface area contributed by atoms with Gasteiger partial charge in [-0.25, -0.2) is 0 Å². The van der Waals surface area contributed by atoms with Gasteiger partial charge in [-0.15, -0.1) is 0 Å². The monoisotopic (exact) mass is 265 g/mol. The summed E-state index contributed by atoms with van der Waals surface area (Å²) in [7, 11) is 1.76. The molecule has 0 aliphatic carbocycles. The molecule has 0 bridgehead atoms. The molecule has 0 aliphatic heterocycles. The maximum Gasteiger partial charge on any atom is 0.272 e. The molecule has 19 heavy (non-hydrogen) atoms. The number of aromatic nitrogens is 1. The molecule has 0 radical (unpaired) electrons. The van der Waals surface area contributed by atoms with Crippen molar-refractivity contribution in [3.63, 3.8) is 0 Å². The predicted octanol–water partition coefficient (Wildman–Crippen LogP) is 2.01. The highest BCUT2D eigenvalue weighted by atomic mass is 16.5. The number of ether oxygens (including phenoxy) is 1. The fraction of sp³-hybridized carbons (Fsp3) is 0.571. The Morgan fingerprint density at radius 1 is 1.47 bits per heavy atom. The Labute approximate surface area is 115 Å². The Hall–Kier alpha value is -1.62. The normalized spacial score (nSPS) is 10.3. The molecule has 1 rings (SSSR count). The maximum absolute atomic E-state index is 12.1. The largest absolute Gasteiger partial charge is 0.385 e. The second-order valence-corrected chi connectivity index (χ2v) is 4.28. The van der Waals surface area contributed by atoms with E-state index in [1.165, 1.54) is 0 Å². The molecular weight excluding hydrogens is 242 g/mol. The third kappa shape index (κ3) is 5.26.